The number of hydrogen-bond donors (Lipinski definition) is 0. The molecule has 0 spiro atoms. The van der Waals surface area contributed by atoms with Crippen LogP contribution in [-0.4, -0.2) is 33.8 Å². The SMILES string of the molecule is C=CCOc1ccc(Br)cc1/C=N/N1C(=O)CSC1=S. The molecule has 2 rings (SSSR count). The molecule has 0 radical (unpaired) electrons. The van der Waals surface area contributed by atoms with Crippen LogP contribution in [0.4, 0.5) is 0 Å². The molecule has 0 aromatic heterocycles. The molecular weight excluding hydrogens is 360 g/mol. The second-order valence-electron chi connectivity index (χ2n) is 3.79. The van der Waals surface area contributed by atoms with Gasteiger partial charge in [-0.25, -0.2) is 0 Å². The number of rotatable bonds is 5. The van der Waals surface area contributed by atoms with E-state index in [1.807, 2.05) is 18.2 Å². The van der Waals surface area contributed by atoms with Crippen LogP contribution in [0.1, 0.15) is 5.56 Å². The molecule has 1 saturated heterocycles. The third-order valence-electron chi connectivity index (χ3n) is 2.37. The third kappa shape index (κ3) is 3.68. The van der Waals surface area contributed by atoms with Crippen molar-refractivity contribution in [3.8, 4) is 5.75 Å². The number of hydrazone groups is 1. The molecule has 1 aliphatic rings. The highest BCUT2D eigenvalue weighted by atomic mass is 79.9. The summed E-state index contributed by atoms with van der Waals surface area (Å²) < 4.78 is 6.90. The maximum absolute atomic E-state index is 11.6. The van der Waals surface area contributed by atoms with Crippen molar-refractivity contribution in [2.75, 3.05) is 12.4 Å². The second kappa shape index (κ2) is 7.01. The number of thioether (sulfide) groups is 1. The largest absolute Gasteiger partial charge is 0.489 e. The van der Waals surface area contributed by atoms with Crippen molar-refractivity contribution in [3.05, 3.63) is 40.9 Å². The zero-order valence-electron chi connectivity index (χ0n) is 10.4. The molecule has 1 aromatic rings. The number of halogens is 1. The van der Waals surface area contributed by atoms with Crippen molar-refractivity contribution in [3.63, 3.8) is 0 Å². The van der Waals surface area contributed by atoms with Gasteiger partial charge >= 0.3 is 0 Å². The van der Waals surface area contributed by atoms with E-state index in [0.717, 1.165) is 10.0 Å². The summed E-state index contributed by atoms with van der Waals surface area (Å²) in [5, 5.41) is 5.37. The minimum atomic E-state index is -0.111. The smallest absolute Gasteiger partial charge is 0.259 e. The summed E-state index contributed by atoms with van der Waals surface area (Å²) >= 11 is 9.77. The van der Waals surface area contributed by atoms with Crippen LogP contribution in [0.2, 0.25) is 0 Å². The number of hydrogen-bond acceptors (Lipinski definition) is 5. The fourth-order valence-electron chi connectivity index (χ4n) is 1.48. The molecule has 0 N–H and O–H groups in total. The van der Waals surface area contributed by atoms with Gasteiger partial charge < -0.3 is 4.74 Å². The first kappa shape index (κ1) is 15.2. The zero-order valence-corrected chi connectivity index (χ0v) is 13.6. The minimum absolute atomic E-state index is 0.111. The molecule has 104 valence electrons. The van der Waals surface area contributed by atoms with E-state index in [9.17, 15) is 4.79 Å². The number of amides is 1. The monoisotopic (exact) mass is 370 g/mol. The van der Waals surface area contributed by atoms with Crippen LogP contribution in [0.25, 0.3) is 0 Å². The van der Waals surface area contributed by atoms with Crippen LogP contribution < -0.4 is 4.74 Å². The maximum Gasteiger partial charge on any atom is 0.259 e. The Hall–Kier alpha value is -1.18. The molecule has 1 amide bonds. The van der Waals surface area contributed by atoms with Crippen molar-refractivity contribution in [1.82, 2.24) is 5.01 Å². The van der Waals surface area contributed by atoms with Crippen molar-refractivity contribution in [2.24, 2.45) is 5.10 Å². The summed E-state index contributed by atoms with van der Waals surface area (Å²) in [5.74, 6) is 0.899. The summed E-state index contributed by atoms with van der Waals surface area (Å²) in [7, 11) is 0. The zero-order chi connectivity index (χ0) is 14.5. The lowest BCUT2D eigenvalue weighted by molar-refractivity contribution is -0.123. The second-order valence-corrected chi connectivity index (χ2v) is 6.31. The van der Waals surface area contributed by atoms with Gasteiger partial charge in [0.25, 0.3) is 5.91 Å². The predicted molar refractivity (Wildman–Crippen MR) is 89.3 cm³/mol. The van der Waals surface area contributed by atoms with Crippen molar-refractivity contribution < 1.29 is 9.53 Å². The summed E-state index contributed by atoms with van der Waals surface area (Å²) in [6, 6.07) is 5.56. The fraction of sp³-hybridized carbons (Fsp3) is 0.154. The molecular formula is C13H11BrN2O2S2. The number of thiocarbonyl (C=S) groups is 1. The van der Waals surface area contributed by atoms with Gasteiger partial charge in [-0.3, -0.25) is 4.79 Å². The normalized spacial score (nSPS) is 15.2. The predicted octanol–water partition coefficient (Wildman–Crippen LogP) is 3.21. The van der Waals surface area contributed by atoms with Crippen LogP contribution in [0.3, 0.4) is 0 Å². The average molecular weight is 371 g/mol. The topological polar surface area (TPSA) is 41.9 Å². The van der Waals surface area contributed by atoms with Crippen LogP contribution in [0, 0.1) is 0 Å². The van der Waals surface area contributed by atoms with Gasteiger partial charge in [-0.15, -0.1) is 0 Å². The Kier molecular flexibility index (Phi) is 5.33. The van der Waals surface area contributed by atoms with Gasteiger partial charge in [0, 0.05) is 10.0 Å². The first-order chi connectivity index (χ1) is 9.61. The molecule has 0 aliphatic carbocycles. The molecule has 0 atom stereocenters. The average Bonchev–Trinajstić information content (AvgIpc) is 2.75. The van der Waals surface area contributed by atoms with Gasteiger partial charge in [0.05, 0.1) is 12.0 Å². The summed E-state index contributed by atoms with van der Waals surface area (Å²) in [6.07, 6.45) is 3.23. The molecule has 20 heavy (non-hydrogen) atoms. The van der Waals surface area contributed by atoms with Gasteiger partial charge in [-0.05, 0) is 18.2 Å². The van der Waals surface area contributed by atoms with Gasteiger partial charge in [0.15, 0.2) is 4.32 Å². The number of benzene rings is 1. The molecule has 7 heteroatoms. The van der Waals surface area contributed by atoms with E-state index in [2.05, 4.69) is 27.6 Å². The highest BCUT2D eigenvalue weighted by Gasteiger charge is 2.26. The highest BCUT2D eigenvalue weighted by molar-refractivity contribution is 9.10. The first-order valence-electron chi connectivity index (χ1n) is 5.69. The summed E-state index contributed by atoms with van der Waals surface area (Å²) in [6.45, 7) is 4.01. The van der Waals surface area contributed by atoms with Crippen LogP contribution in [0.15, 0.2) is 40.4 Å². The number of carbonyl (C=O) groups excluding carboxylic acids is 1. The Bertz CT molecular complexity index is 574. The van der Waals surface area contributed by atoms with Gasteiger partial charge in [-0.2, -0.15) is 10.1 Å². The Morgan fingerprint density at radius 2 is 2.40 bits per heavy atom. The first-order valence-corrected chi connectivity index (χ1v) is 7.87. The quantitative estimate of drug-likeness (QED) is 0.453. The van der Waals surface area contributed by atoms with Gasteiger partial charge in [0.2, 0.25) is 0 Å². The Labute approximate surface area is 135 Å². The number of ether oxygens (including phenoxy) is 1. The van der Waals surface area contributed by atoms with Crippen molar-refractivity contribution in [1.29, 1.82) is 0 Å². The Balaban J connectivity index is 2.22. The summed E-state index contributed by atoms with van der Waals surface area (Å²) in [4.78, 5) is 11.6. The van der Waals surface area contributed by atoms with Crippen LogP contribution >= 0.6 is 39.9 Å². The third-order valence-corrected chi connectivity index (χ3v) is 4.20. The lowest BCUT2D eigenvalue weighted by Gasteiger charge is -2.09. The van der Waals surface area contributed by atoms with Crippen molar-refractivity contribution in [2.45, 2.75) is 0 Å². The minimum Gasteiger partial charge on any atom is -0.489 e. The lowest BCUT2D eigenvalue weighted by atomic mass is 10.2. The molecule has 1 heterocycles. The fourth-order valence-corrected chi connectivity index (χ4v) is 2.82. The van der Waals surface area contributed by atoms with Gasteiger partial charge in [-0.1, -0.05) is 52.6 Å². The van der Waals surface area contributed by atoms with E-state index in [0.29, 0.717) is 22.4 Å². The highest BCUT2D eigenvalue weighted by Crippen LogP contribution is 2.23. The number of nitrogens with zero attached hydrogens (tertiary/aromatic N) is 2. The molecule has 1 aliphatic heterocycles. The number of carbonyl (C=O) groups is 1. The van der Waals surface area contributed by atoms with E-state index >= 15 is 0 Å². The van der Waals surface area contributed by atoms with E-state index in [-0.39, 0.29) is 5.91 Å². The molecule has 1 aromatic carbocycles. The lowest BCUT2D eigenvalue weighted by Crippen LogP contribution is -2.22. The van der Waals surface area contributed by atoms with Gasteiger partial charge in [0.1, 0.15) is 12.4 Å². The Morgan fingerprint density at radius 1 is 1.60 bits per heavy atom. The van der Waals surface area contributed by atoms with E-state index in [4.69, 9.17) is 17.0 Å². The molecule has 4 nitrogen and oxygen atoms in total. The maximum atomic E-state index is 11.6. The van der Waals surface area contributed by atoms with E-state index in [1.54, 1.807) is 12.3 Å². The van der Waals surface area contributed by atoms with Crippen LogP contribution in [0.5, 0.6) is 5.75 Å². The standard InChI is InChI=1S/C13H11BrN2O2S2/c1-2-5-18-11-4-3-10(14)6-9(11)7-15-16-12(17)8-20-13(16)19/h2-4,6-7H,1,5,8H2/b15-7+. The molecule has 0 bridgehead atoms. The van der Waals surface area contributed by atoms with Crippen LogP contribution in [-0.2, 0) is 4.79 Å². The van der Waals surface area contributed by atoms with E-state index < -0.39 is 0 Å². The van der Waals surface area contributed by atoms with Crippen molar-refractivity contribution >= 4 is 56.4 Å². The summed E-state index contributed by atoms with van der Waals surface area (Å²) in [5.41, 5.74) is 0.758. The van der Waals surface area contributed by atoms with E-state index in [1.165, 1.54) is 16.8 Å². The molecule has 0 saturated carbocycles. The molecule has 0 unspecified atom stereocenters. The Morgan fingerprint density at radius 3 is 3.05 bits per heavy atom. The molecule has 1 fully saturated rings.